The molecule has 1 atom stereocenters. The Morgan fingerprint density at radius 3 is 2.61 bits per heavy atom. The number of hydrogen-bond acceptors (Lipinski definition) is 4. The van der Waals surface area contributed by atoms with Gasteiger partial charge < -0.3 is 20.3 Å². The van der Waals surface area contributed by atoms with E-state index in [1.807, 2.05) is 0 Å². The molecule has 3 fully saturated rings. The molecule has 2 N–H and O–H groups in total. The summed E-state index contributed by atoms with van der Waals surface area (Å²) in [5, 5.41) is 5.43. The molecule has 2 aliphatic heterocycles. The molecule has 1 aromatic carbocycles. The predicted octanol–water partition coefficient (Wildman–Crippen LogP) is 2.83. The molecule has 1 unspecified atom stereocenters. The number of para-hydroxylation sites is 1. The molecule has 2 heterocycles. The van der Waals surface area contributed by atoms with Crippen LogP contribution in [0.4, 0.5) is 14.9 Å². The van der Waals surface area contributed by atoms with Crippen LogP contribution in [0.2, 0.25) is 0 Å². The van der Waals surface area contributed by atoms with Crippen molar-refractivity contribution >= 4 is 17.6 Å². The SMILES string of the molecule is O=C(NCCN(C1CCOCC1)C1CCCN(C(=O)C2CC2)C1)Nc1ccccc1F. The van der Waals surface area contributed by atoms with Crippen molar-refractivity contribution in [1.82, 2.24) is 15.1 Å². The molecule has 4 rings (SSSR count). The molecular weight excluding hydrogens is 399 g/mol. The number of amides is 3. The Bertz CT molecular complexity index is 767. The van der Waals surface area contributed by atoms with E-state index < -0.39 is 11.8 Å². The first-order valence-corrected chi connectivity index (χ1v) is 11.5. The molecule has 170 valence electrons. The van der Waals surface area contributed by atoms with Gasteiger partial charge in [-0.2, -0.15) is 0 Å². The van der Waals surface area contributed by atoms with Crippen molar-refractivity contribution in [1.29, 1.82) is 0 Å². The van der Waals surface area contributed by atoms with Gasteiger partial charge in [0.05, 0.1) is 5.69 Å². The van der Waals surface area contributed by atoms with Gasteiger partial charge in [-0.3, -0.25) is 9.69 Å². The van der Waals surface area contributed by atoms with E-state index in [0.717, 1.165) is 64.8 Å². The molecule has 3 amide bonds. The number of carbonyl (C=O) groups excluding carboxylic acids is 2. The average Bonchev–Trinajstić information content (AvgIpc) is 3.64. The fourth-order valence-corrected chi connectivity index (χ4v) is 4.72. The smallest absolute Gasteiger partial charge is 0.319 e. The van der Waals surface area contributed by atoms with Crippen LogP contribution in [0.1, 0.15) is 38.5 Å². The van der Waals surface area contributed by atoms with E-state index in [-0.39, 0.29) is 11.6 Å². The van der Waals surface area contributed by atoms with Crippen LogP contribution >= 0.6 is 0 Å². The second-order valence-corrected chi connectivity index (χ2v) is 8.80. The maximum absolute atomic E-state index is 13.8. The number of urea groups is 1. The maximum Gasteiger partial charge on any atom is 0.319 e. The standard InChI is InChI=1S/C23H33FN4O3/c24-20-5-1-2-6-21(20)26-23(30)25-11-13-28(18-9-14-31-15-10-18)19-4-3-12-27(16-19)22(29)17-7-8-17/h1-2,5-6,17-19H,3-4,7-16H2,(H2,25,26,30). The van der Waals surface area contributed by atoms with Gasteiger partial charge in [-0.05, 0) is 50.7 Å². The first-order chi connectivity index (χ1) is 15.1. The van der Waals surface area contributed by atoms with Crippen LogP contribution in [0.25, 0.3) is 0 Å². The van der Waals surface area contributed by atoms with Gasteiger partial charge in [0.15, 0.2) is 0 Å². The highest BCUT2D eigenvalue weighted by atomic mass is 19.1. The summed E-state index contributed by atoms with van der Waals surface area (Å²) >= 11 is 0. The molecule has 8 heteroatoms. The Kier molecular flexibility index (Phi) is 7.40. The third-order valence-corrected chi connectivity index (χ3v) is 6.54. The molecule has 0 spiro atoms. The predicted molar refractivity (Wildman–Crippen MR) is 116 cm³/mol. The molecule has 1 aliphatic carbocycles. The Morgan fingerprint density at radius 1 is 1.10 bits per heavy atom. The van der Waals surface area contributed by atoms with Crippen LogP contribution in [0.15, 0.2) is 24.3 Å². The minimum Gasteiger partial charge on any atom is -0.381 e. The lowest BCUT2D eigenvalue weighted by Gasteiger charge is -2.44. The van der Waals surface area contributed by atoms with Crippen LogP contribution < -0.4 is 10.6 Å². The van der Waals surface area contributed by atoms with Crippen molar-refractivity contribution < 1.29 is 18.7 Å². The minimum absolute atomic E-state index is 0.169. The number of halogens is 1. The lowest BCUT2D eigenvalue weighted by Crippen LogP contribution is -2.55. The number of nitrogens with zero attached hydrogens (tertiary/aromatic N) is 2. The molecule has 0 aromatic heterocycles. The lowest BCUT2D eigenvalue weighted by molar-refractivity contribution is -0.135. The number of piperidine rings is 1. The number of benzene rings is 1. The Morgan fingerprint density at radius 2 is 1.87 bits per heavy atom. The van der Waals surface area contributed by atoms with E-state index in [2.05, 4.69) is 20.4 Å². The summed E-state index contributed by atoms with van der Waals surface area (Å²) in [6.45, 7) is 4.29. The van der Waals surface area contributed by atoms with Gasteiger partial charge >= 0.3 is 6.03 Å². The first kappa shape index (κ1) is 22.0. The number of hydrogen-bond donors (Lipinski definition) is 2. The van der Waals surface area contributed by atoms with Gasteiger partial charge in [-0.1, -0.05) is 12.1 Å². The van der Waals surface area contributed by atoms with Gasteiger partial charge in [0.2, 0.25) is 5.91 Å². The van der Waals surface area contributed by atoms with Crippen molar-refractivity contribution in [2.75, 3.05) is 44.7 Å². The second kappa shape index (κ2) is 10.4. The summed E-state index contributed by atoms with van der Waals surface area (Å²) in [5.41, 5.74) is 0.169. The van der Waals surface area contributed by atoms with Crippen molar-refractivity contribution in [3.8, 4) is 0 Å². The topological polar surface area (TPSA) is 73.9 Å². The van der Waals surface area contributed by atoms with Crippen LogP contribution in [0.5, 0.6) is 0 Å². The molecule has 2 saturated heterocycles. The summed E-state index contributed by atoms with van der Waals surface area (Å²) in [4.78, 5) is 29.4. The third-order valence-electron chi connectivity index (χ3n) is 6.54. The summed E-state index contributed by atoms with van der Waals surface area (Å²) in [5.74, 6) is 0.113. The zero-order chi connectivity index (χ0) is 21.6. The van der Waals surface area contributed by atoms with E-state index in [1.54, 1.807) is 12.1 Å². The van der Waals surface area contributed by atoms with Crippen LogP contribution in [-0.2, 0) is 9.53 Å². The van der Waals surface area contributed by atoms with E-state index in [0.29, 0.717) is 31.1 Å². The van der Waals surface area contributed by atoms with Crippen LogP contribution in [0, 0.1) is 11.7 Å². The molecular formula is C23H33FN4O3. The number of rotatable bonds is 7. The van der Waals surface area contributed by atoms with Gasteiger partial charge in [0.25, 0.3) is 0 Å². The highest BCUT2D eigenvalue weighted by Crippen LogP contribution is 2.32. The Hall–Kier alpha value is -2.19. The first-order valence-electron chi connectivity index (χ1n) is 11.5. The molecule has 7 nitrogen and oxygen atoms in total. The molecule has 1 aromatic rings. The minimum atomic E-state index is -0.455. The fraction of sp³-hybridized carbons (Fsp3) is 0.652. The fourth-order valence-electron chi connectivity index (χ4n) is 4.72. The molecule has 3 aliphatic rings. The maximum atomic E-state index is 13.8. The number of anilines is 1. The highest BCUT2D eigenvalue weighted by molar-refractivity contribution is 5.89. The van der Waals surface area contributed by atoms with Crippen molar-refractivity contribution in [3.05, 3.63) is 30.1 Å². The summed E-state index contributed by atoms with van der Waals surface area (Å²) in [6.07, 6.45) is 6.08. The number of nitrogens with one attached hydrogen (secondary N) is 2. The summed E-state index contributed by atoms with van der Waals surface area (Å²) in [6, 6.07) is 6.42. The normalized spacial score (nSPS) is 22.4. The molecule has 0 bridgehead atoms. The van der Waals surface area contributed by atoms with E-state index in [1.165, 1.54) is 12.1 Å². The Balaban J connectivity index is 1.33. The van der Waals surface area contributed by atoms with E-state index >= 15 is 0 Å². The average molecular weight is 433 g/mol. The zero-order valence-electron chi connectivity index (χ0n) is 18.0. The van der Waals surface area contributed by atoms with Gasteiger partial charge in [-0.15, -0.1) is 0 Å². The van der Waals surface area contributed by atoms with Crippen LogP contribution in [-0.4, -0.2) is 73.2 Å². The number of ether oxygens (including phenoxy) is 1. The molecule has 0 radical (unpaired) electrons. The Labute approximate surface area is 183 Å². The van der Waals surface area contributed by atoms with Gasteiger partial charge in [-0.25, -0.2) is 9.18 Å². The van der Waals surface area contributed by atoms with Crippen molar-refractivity contribution in [3.63, 3.8) is 0 Å². The monoisotopic (exact) mass is 432 g/mol. The summed E-state index contributed by atoms with van der Waals surface area (Å²) in [7, 11) is 0. The van der Waals surface area contributed by atoms with Gasteiger partial charge in [0.1, 0.15) is 5.82 Å². The third kappa shape index (κ3) is 5.95. The van der Waals surface area contributed by atoms with Crippen molar-refractivity contribution in [2.45, 2.75) is 50.6 Å². The van der Waals surface area contributed by atoms with Crippen LogP contribution in [0.3, 0.4) is 0 Å². The summed E-state index contributed by atoms with van der Waals surface area (Å²) < 4.78 is 19.3. The molecule has 31 heavy (non-hydrogen) atoms. The van der Waals surface area contributed by atoms with E-state index in [4.69, 9.17) is 4.74 Å². The van der Waals surface area contributed by atoms with E-state index in [9.17, 15) is 14.0 Å². The van der Waals surface area contributed by atoms with Crippen molar-refractivity contribution in [2.24, 2.45) is 5.92 Å². The molecule has 1 saturated carbocycles. The quantitative estimate of drug-likeness (QED) is 0.695. The highest BCUT2D eigenvalue weighted by Gasteiger charge is 2.37. The number of likely N-dealkylation sites (tertiary alicyclic amines) is 1. The largest absolute Gasteiger partial charge is 0.381 e. The lowest BCUT2D eigenvalue weighted by atomic mass is 9.98. The zero-order valence-corrected chi connectivity index (χ0v) is 18.0. The number of carbonyl (C=O) groups is 2. The second-order valence-electron chi connectivity index (χ2n) is 8.80. The van der Waals surface area contributed by atoms with Gasteiger partial charge in [0, 0.05) is 57.4 Å².